The van der Waals surface area contributed by atoms with Crippen molar-refractivity contribution in [1.29, 1.82) is 0 Å². The normalized spacial score (nSPS) is 26.5. The highest BCUT2D eigenvalue weighted by Gasteiger charge is 2.42. The summed E-state index contributed by atoms with van der Waals surface area (Å²) in [4.78, 5) is 12.4. The Balaban J connectivity index is 1.55. The molecule has 4 rings (SSSR count). The van der Waals surface area contributed by atoms with Crippen molar-refractivity contribution in [3.8, 4) is 0 Å². The van der Waals surface area contributed by atoms with Crippen LogP contribution in [-0.4, -0.2) is 46.5 Å². The Kier molecular flexibility index (Phi) is 3.93. The van der Waals surface area contributed by atoms with Gasteiger partial charge in [-0.05, 0) is 31.2 Å². The number of nitrogen functional groups attached to an aromatic ring is 1. The molecule has 132 valence electrons. The summed E-state index contributed by atoms with van der Waals surface area (Å²) in [7, 11) is 1.96. The van der Waals surface area contributed by atoms with Crippen LogP contribution in [0.3, 0.4) is 0 Å². The molecule has 1 saturated carbocycles. The van der Waals surface area contributed by atoms with Crippen molar-refractivity contribution in [3.05, 3.63) is 36.8 Å². The molecule has 8 nitrogen and oxygen atoms in total. The van der Waals surface area contributed by atoms with E-state index in [2.05, 4.69) is 15.0 Å². The number of rotatable bonds is 4. The summed E-state index contributed by atoms with van der Waals surface area (Å²) in [5, 5.41) is 21.9. The van der Waals surface area contributed by atoms with Gasteiger partial charge in [0.2, 0.25) is 0 Å². The molecule has 1 fully saturated rings. The molecule has 0 aliphatic heterocycles. The molecule has 25 heavy (non-hydrogen) atoms. The molecule has 0 saturated heterocycles. The lowest BCUT2D eigenvalue weighted by atomic mass is 9.98. The molecule has 0 radical (unpaired) electrons. The van der Waals surface area contributed by atoms with Crippen LogP contribution in [0.25, 0.3) is 11.0 Å². The van der Waals surface area contributed by atoms with E-state index in [9.17, 15) is 10.2 Å². The molecule has 1 aliphatic carbocycles. The molecule has 4 atom stereocenters. The summed E-state index contributed by atoms with van der Waals surface area (Å²) in [6, 6.07) is 1.63. The summed E-state index contributed by atoms with van der Waals surface area (Å²) in [5.74, 6) is 0.441. The predicted molar refractivity (Wildman–Crippen MR) is 92.6 cm³/mol. The third kappa shape index (κ3) is 2.67. The van der Waals surface area contributed by atoms with E-state index >= 15 is 0 Å². The van der Waals surface area contributed by atoms with Crippen LogP contribution >= 0.6 is 0 Å². The monoisotopic (exact) mass is 342 g/mol. The van der Waals surface area contributed by atoms with Gasteiger partial charge in [0.05, 0.1) is 23.9 Å². The van der Waals surface area contributed by atoms with Crippen LogP contribution in [0.15, 0.2) is 31.1 Å². The third-order valence-corrected chi connectivity index (χ3v) is 5.36. The predicted octanol–water partition coefficient (Wildman–Crippen LogP) is 0.663. The van der Waals surface area contributed by atoms with Crippen molar-refractivity contribution in [2.45, 2.75) is 37.5 Å². The first-order valence-electron chi connectivity index (χ1n) is 8.44. The Bertz CT molecular complexity index is 888. The first kappa shape index (κ1) is 16.0. The van der Waals surface area contributed by atoms with Gasteiger partial charge >= 0.3 is 0 Å². The van der Waals surface area contributed by atoms with E-state index in [4.69, 9.17) is 5.73 Å². The van der Waals surface area contributed by atoms with Crippen molar-refractivity contribution in [2.75, 3.05) is 5.73 Å². The minimum Gasteiger partial charge on any atom is -0.390 e. The first-order chi connectivity index (χ1) is 12.1. The van der Waals surface area contributed by atoms with Crippen molar-refractivity contribution in [2.24, 2.45) is 13.0 Å². The second-order valence-electron chi connectivity index (χ2n) is 6.80. The molecule has 1 aliphatic rings. The van der Waals surface area contributed by atoms with Crippen LogP contribution in [0.4, 0.5) is 5.82 Å². The van der Waals surface area contributed by atoms with E-state index in [1.165, 1.54) is 6.33 Å². The molecular weight excluding hydrogens is 320 g/mol. The summed E-state index contributed by atoms with van der Waals surface area (Å²) in [6.45, 7) is 0. The Labute approximate surface area is 145 Å². The molecule has 0 aromatic carbocycles. The molecule has 0 spiro atoms. The zero-order valence-corrected chi connectivity index (χ0v) is 14.0. The summed E-state index contributed by atoms with van der Waals surface area (Å²) in [5.41, 5.74) is 7.70. The van der Waals surface area contributed by atoms with Gasteiger partial charge in [-0.15, -0.1) is 0 Å². The molecule has 3 aromatic heterocycles. The van der Waals surface area contributed by atoms with E-state index in [1.807, 2.05) is 34.6 Å². The number of fused-ring (bicyclic) bond motifs is 1. The molecule has 4 N–H and O–H groups in total. The van der Waals surface area contributed by atoms with Gasteiger partial charge in [0.25, 0.3) is 0 Å². The van der Waals surface area contributed by atoms with E-state index in [-0.39, 0.29) is 12.0 Å². The van der Waals surface area contributed by atoms with E-state index in [1.54, 1.807) is 6.33 Å². The minimum absolute atomic E-state index is 0.0199. The van der Waals surface area contributed by atoms with Crippen molar-refractivity contribution >= 4 is 16.9 Å². The van der Waals surface area contributed by atoms with Gasteiger partial charge in [-0.2, -0.15) is 0 Å². The fraction of sp³-hybridized carbons (Fsp3) is 0.471. The lowest BCUT2D eigenvalue weighted by molar-refractivity contribution is 0.00539. The van der Waals surface area contributed by atoms with Gasteiger partial charge in [0, 0.05) is 25.1 Å². The van der Waals surface area contributed by atoms with Gasteiger partial charge in [-0.3, -0.25) is 0 Å². The van der Waals surface area contributed by atoms with Crippen LogP contribution in [0.5, 0.6) is 0 Å². The van der Waals surface area contributed by atoms with E-state index in [0.717, 1.165) is 23.9 Å². The Morgan fingerprint density at radius 3 is 2.88 bits per heavy atom. The van der Waals surface area contributed by atoms with Gasteiger partial charge in [0.1, 0.15) is 23.9 Å². The molecule has 8 heteroatoms. The number of anilines is 1. The molecule has 3 heterocycles. The fourth-order valence-corrected chi connectivity index (χ4v) is 3.88. The maximum atomic E-state index is 10.6. The average molecular weight is 342 g/mol. The number of nitrogens with zero attached hydrogens (tertiary/aromatic N) is 5. The lowest BCUT2D eigenvalue weighted by Gasteiger charge is -2.19. The highest BCUT2D eigenvalue weighted by Crippen LogP contribution is 2.39. The Hall–Kier alpha value is -2.45. The molecule has 3 aromatic rings. The number of nitrogens with two attached hydrogens (primary N) is 1. The van der Waals surface area contributed by atoms with Crippen LogP contribution in [0.2, 0.25) is 0 Å². The maximum absolute atomic E-state index is 10.6. The minimum atomic E-state index is -0.830. The number of hydrogen-bond donors (Lipinski definition) is 3. The van der Waals surface area contributed by atoms with Crippen LogP contribution in [-0.2, 0) is 13.5 Å². The topological polar surface area (TPSA) is 115 Å². The summed E-state index contributed by atoms with van der Waals surface area (Å²) >= 11 is 0. The molecule has 0 unspecified atom stereocenters. The molecule has 0 bridgehead atoms. The largest absolute Gasteiger partial charge is 0.390 e. The van der Waals surface area contributed by atoms with Gasteiger partial charge in [-0.1, -0.05) is 0 Å². The summed E-state index contributed by atoms with van der Waals surface area (Å²) < 4.78 is 3.89. The first-order valence-corrected chi connectivity index (χ1v) is 8.44. The fourth-order valence-electron chi connectivity index (χ4n) is 3.88. The molecular formula is C17H22N6O2. The highest BCUT2D eigenvalue weighted by molar-refractivity contribution is 5.86. The number of hydrogen-bond acceptors (Lipinski definition) is 6. The highest BCUT2D eigenvalue weighted by atomic mass is 16.3. The standard InChI is InChI=1S/C17H22N6O2/c1-22-9-19-7-11(22)3-2-10-6-13(15(25)14(10)24)23-5-4-12-16(18)20-8-21-17(12)23/h4-5,7-10,13-15,24-25H,2-3,6H2,1H3,(H2,18,20,21)/t10-,13+,14+,15-/m0/s1. The number of aliphatic hydroxyl groups is 2. The maximum Gasteiger partial charge on any atom is 0.145 e. The van der Waals surface area contributed by atoms with Crippen molar-refractivity contribution in [3.63, 3.8) is 0 Å². The van der Waals surface area contributed by atoms with E-state index in [0.29, 0.717) is 17.9 Å². The average Bonchev–Trinajstić information content (AvgIpc) is 3.27. The second-order valence-corrected chi connectivity index (χ2v) is 6.80. The quantitative estimate of drug-likeness (QED) is 0.642. The van der Waals surface area contributed by atoms with Crippen LogP contribution in [0, 0.1) is 5.92 Å². The van der Waals surface area contributed by atoms with Gasteiger partial charge in [-0.25, -0.2) is 15.0 Å². The van der Waals surface area contributed by atoms with E-state index < -0.39 is 12.2 Å². The Morgan fingerprint density at radius 2 is 2.12 bits per heavy atom. The molecule has 0 amide bonds. The lowest BCUT2D eigenvalue weighted by Crippen LogP contribution is -2.29. The van der Waals surface area contributed by atoms with Crippen molar-refractivity contribution in [1.82, 2.24) is 24.1 Å². The number of imidazole rings is 1. The second kappa shape index (κ2) is 6.12. The van der Waals surface area contributed by atoms with Crippen LogP contribution < -0.4 is 5.73 Å². The number of aliphatic hydroxyl groups excluding tert-OH is 2. The van der Waals surface area contributed by atoms with Crippen LogP contribution in [0.1, 0.15) is 24.6 Å². The smallest absolute Gasteiger partial charge is 0.145 e. The van der Waals surface area contributed by atoms with Gasteiger partial charge in [0.15, 0.2) is 0 Å². The third-order valence-electron chi connectivity index (χ3n) is 5.36. The Morgan fingerprint density at radius 1 is 1.28 bits per heavy atom. The zero-order chi connectivity index (χ0) is 17.6. The SMILES string of the molecule is Cn1cncc1CC[C@H]1C[C@@H](n2ccc3c(N)ncnc32)[C@H](O)[C@@H]1O. The number of aryl methyl sites for hydroxylation is 2. The zero-order valence-electron chi connectivity index (χ0n) is 14.0. The van der Waals surface area contributed by atoms with Gasteiger partial charge < -0.3 is 25.1 Å². The summed E-state index contributed by atoms with van der Waals surface area (Å²) in [6.07, 6.45) is 7.62. The number of aromatic nitrogens is 5. The van der Waals surface area contributed by atoms with Crippen molar-refractivity contribution < 1.29 is 10.2 Å².